The normalized spacial score (nSPS) is 10.9. The van der Waals surface area contributed by atoms with Crippen LogP contribution in [0.25, 0.3) is 0 Å². The number of rotatable bonds is 5. The first-order valence-corrected chi connectivity index (χ1v) is 3.19. The average Bonchev–Trinajstić information content (AvgIpc) is 2.01. The van der Waals surface area contributed by atoms with Gasteiger partial charge in [0, 0.05) is 27.8 Å². The van der Waals surface area contributed by atoms with Gasteiger partial charge in [-0.25, -0.2) is 0 Å². The molecule has 0 radical (unpaired) electrons. The smallest absolute Gasteiger partial charge is 0.343 e. The molecule has 0 N–H and O–H groups in total. The maximum Gasteiger partial charge on any atom is 1.00 e. The molecule has 0 rings (SSSR count). The Morgan fingerprint density at radius 1 is 1.09 bits per heavy atom. The Labute approximate surface area is 80.6 Å². The Bertz CT molecular complexity index is 75.5. The average molecular weight is 154 g/mol. The Kier molecular flexibility index (Phi) is 9.11. The van der Waals surface area contributed by atoms with Crippen molar-refractivity contribution in [3.8, 4) is 0 Å². The van der Waals surface area contributed by atoms with Crippen LogP contribution in [0, 0.1) is 6.92 Å². The third-order valence-corrected chi connectivity index (χ3v) is 1.42. The SMILES string of the molecule is [CH2-]CCC(OC)(OC)OC.[Li+]. The summed E-state index contributed by atoms with van der Waals surface area (Å²) in [4.78, 5) is 0. The van der Waals surface area contributed by atoms with Crippen molar-refractivity contribution < 1.29 is 33.1 Å². The van der Waals surface area contributed by atoms with Crippen LogP contribution in [-0.4, -0.2) is 27.3 Å². The fraction of sp³-hybridized carbons (Fsp3) is 0.857. The van der Waals surface area contributed by atoms with Crippen LogP contribution in [-0.2, 0) is 14.2 Å². The summed E-state index contributed by atoms with van der Waals surface area (Å²) in [6.07, 6.45) is 1.35. The molecule has 0 atom stereocenters. The van der Waals surface area contributed by atoms with Gasteiger partial charge in [-0.1, -0.05) is 0 Å². The number of methoxy groups -OCH3 is 3. The molecular formula is C7H15LiO3. The minimum Gasteiger partial charge on any atom is -0.343 e. The molecule has 0 unspecified atom stereocenters. The van der Waals surface area contributed by atoms with Gasteiger partial charge in [0.15, 0.2) is 0 Å². The van der Waals surface area contributed by atoms with Crippen molar-refractivity contribution in [2.45, 2.75) is 18.8 Å². The molecule has 3 nitrogen and oxygen atoms in total. The second-order valence-corrected chi connectivity index (χ2v) is 1.90. The predicted octanol–water partition coefficient (Wildman–Crippen LogP) is -1.80. The van der Waals surface area contributed by atoms with Crippen LogP contribution >= 0.6 is 0 Å². The molecule has 0 amide bonds. The van der Waals surface area contributed by atoms with Crippen molar-refractivity contribution in [2.75, 3.05) is 21.3 Å². The van der Waals surface area contributed by atoms with Gasteiger partial charge in [0.1, 0.15) is 0 Å². The quantitative estimate of drug-likeness (QED) is 0.265. The first kappa shape index (κ1) is 14.0. The molecule has 4 heteroatoms. The maximum absolute atomic E-state index is 4.99. The summed E-state index contributed by atoms with van der Waals surface area (Å²) in [6.45, 7) is 3.67. The molecule has 0 fully saturated rings. The van der Waals surface area contributed by atoms with E-state index in [4.69, 9.17) is 14.2 Å². The Morgan fingerprint density at radius 2 is 1.45 bits per heavy atom. The zero-order valence-electron chi connectivity index (χ0n) is 7.85. The topological polar surface area (TPSA) is 27.7 Å². The van der Waals surface area contributed by atoms with Gasteiger partial charge in [-0.05, 0) is 0 Å². The van der Waals surface area contributed by atoms with Crippen molar-refractivity contribution in [3.63, 3.8) is 0 Å². The van der Waals surface area contributed by atoms with E-state index in [0.717, 1.165) is 6.42 Å². The number of hydrogen-bond donors (Lipinski definition) is 0. The van der Waals surface area contributed by atoms with Gasteiger partial charge in [-0.3, -0.25) is 0 Å². The Morgan fingerprint density at radius 3 is 1.55 bits per heavy atom. The predicted molar refractivity (Wildman–Crippen MR) is 38.3 cm³/mol. The molecule has 62 valence electrons. The van der Waals surface area contributed by atoms with Gasteiger partial charge in [0.25, 0.3) is 5.97 Å². The van der Waals surface area contributed by atoms with Crippen LogP contribution in [0.2, 0.25) is 0 Å². The van der Waals surface area contributed by atoms with E-state index >= 15 is 0 Å². The maximum atomic E-state index is 4.99. The third kappa shape index (κ3) is 4.15. The van der Waals surface area contributed by atoms with Crippen molar-refractivity contribution in [2.24, 2.45) is 0 Å². The molecule has 0 saturated heterocycles. The summed E-state index contributed by atoms with van der Waals surface area (Å²) in [5, 5.41) is 0. The van der Waals surface area contributed by atoms with Crippen LogP contribution in [0.1, 0.15) is 12.8 Å². The molecule has 0 aromatic heterocycles. The van der Waals surface area contributed by atoms with E-state index in [0.29, 0.717) is 6.42 Å². The molecule has 0 bridgehead atoms. The second kappa shape index (κ2) is 7.14. The van der Waals surface area contributed by atoms with Crippen LogP contribution in [0.4, 0.5) is 0 Å². The Hall–Kier alpha value is 0.477. The van der Waals surface area contributed by atoms with Crippen LogP contribution in [0.3, 0.4) is 0 Å². The summed E-state index contributed by atoms with van der Waals surface area (Å²) in [5.41, 5.74) is 0. The molecule has 0 aromatic rings. The Balaban J connectivity index is 0. The fourth-order valence-electron chi connectivity index (χ4n) is 0.773. The monoisotopic (exact) mass is 154 g/mol. The molecular weight excluding hydrogens is 139 g/mol. The van der Waals surface area contributed by atoms with E-state index in [1.165, 1.54) is 0 Å². The summed E-state index contributed by atoms with van der Waals surface area (Å²) >= 11 is 0. The van der Waals surface area contributed by atoms with Crippen LogP contribution in [0.15, 0.2) is 0 Å². The zero-order valence-corrected chi connectivity index (χ0v) is 7.85. The van der Waals surface area contributed by atoms with Gasteiger partial charge < -0.3 is 21.1 Å². The second-order valence-electron chi connectivity index (χ2n) is 1.90. The molecule has 0 aromatic carbocycles. The molecule has 0 saturated carbocycles. The summed E-state index contributed by atoms with van der Waals surface area (Å²) in [6, 6.07) is 0. The fourth-order valence-corrected chi connectivity index (χ4v) is 0.773. The van der Waals surface area contributed by atoms with Crippen molar-refractivity contribution in [1.82, 2.24) is 0 Å². The van der Waals surface area contributed by atoms with Crippen molar-refractivity contribution in [3.05, 3.63) is 6.92 Å². The van der Waals surface area contributed by atoms with Gasteiger partial charge >= 0.3 is 18.9 Å². The van der Waals surface area contributed by atoms with Crippen LogP contribution in [0.5, 0.6) is 0 Å². The molecule has 0 aliphatic rings. The standard InChI is InChI=1S/C7H15O3.Li/c1-5-6-7(8-2,9-3)10-4;/h1,5-6H2,2-4H3;/q-1;+1. The van der Waals surface area contributed by atoms with E-state index < -0.39 is 5.97 Å². The summed E-state index contributed by atoms with van der Waals surface area (Å²) in [7, 11) is 4.63. The zero-order chi connectivity index (χ0) is 8.04. The summed E-state index contributed by atoms with van der Waals surface area (Å²) < 4.78 is 15.0. The molecule has 0 aliphatic carbocycles. The number of hydrogen-bond acceptors (Lipinski definition) is 3. The molecule has 11 heavy (non-hydrogen) atoms. The van der Waals surface area contributed by atoms with Crippen molar-refractivity contribution in [1.29, 1.82) is 0 Å². The minimum absolute atomic E-state index is 0. The molecule has 0 spiro atoms. The van der Waals surface area contributed by atoms with Gasteiger partial charge in [0.2, 0.25) is 0 Å². The van der Waals surface area contributed by atoms with E-state index in [1.807, 2.05) is 0 Å². The van der Waals surface area contributed by atoms with Crippen molar-refractivity contribution >= 4 is 0 Å². The molecule has 0 heterocycles. The molecule has 0 aliphatic heterocycles. The number of ether oxygens (including phenoxy) is 3. The van der Waals surface area contributed by atoms with Gasteiger partial charge in [-0.15, -0.1) is 0 Å². The van der Waals surface area contributed by atoms with E-state index in [1.54, 1.807) is 21.3 Å². The first-order chi connectivity index (χ1) is 4.74. The largest absolute Gasteiger partial charge is 1.00 e. The van der Waals surface area contributed by atoms with E-state index in [-0.39, 0.29) is 18.9 Å². The minimum atomic E-state index is -0.887. The first-order valence-electron chi connectivity index (χ1n) is 3.19. The van der Waals surface area contributed by atoms with Gasteiger partial charge in [0.05, 0.1) is 0 Å². The van der Waals surface area contributed by atoms with E-state index in [2.05, 4.69) is 6.92 Å². The van der Waals surface area contributed by atoms with Gasteiger partial charge in [-0.2, -0.15) is 6.42 Å². The third-order valence-electron chi connectivity index (χ3n) is 1.42. The van der Waals surface area contributed by atoms with Crippen LogP contribution < -0.4 is 18.9 Å². The summed E-state index contributed by atoms with van der Waals surface area (Å²) in [5.74, 6) is -0.887. The van der Waals surface area contributed by atoms with E-state index in [9.17, 15) is 0 Å².